The Balaban J connectivity index is 1.77. The number of amides is 1. The zero-order valence-corrected chi connectivity index (χ0v) is 25.7. The molecule has 2 aromatic heterocycles. The highest BCUT2D eigenvalue weighted by Crippen LogP contribution is 2.40. The van der Waals surface area contributed by atoms with Crippen molar-refractivity contribution in [2.45, 2.75) is 89.2 Å². The van der Waals surface area contributed by atoms with Crippen LogP contribution in [0.5, 0.6) is 0 Å². The summed E-state index contributed by atoms with van der Waals surface area (Å²) in [6.45, 7) is 13.8. The standard InChI is InChI=1S/C30H41ClN6OS/c1-8-20(31)16-23(32-7)22-14-12-19-17-30(5,6)37(18-19)27-21(13-15-24(34-27)29(2,3)4)28(38)36-39-26-11-9-10-25(33-22)35-26/h9-11,13,15-16,19,22H,8,12,14,17-18H2,1-7H3,(H,33,35)(H,36,38)/b20-16+,32-23?. The van der Waals surface area contributed by atoms with Crippen molar-refractivity contribution in [1.29, 1.82) is 0 Å². The largest absolute Gasteiger partial charge is 0.362 e. The normalized spacial score (nSPS) is 22.4. The van der Waals surface area contributed by atoms with Gasteiger partial charge < -0.3 is 10.2 Å². The molecule has 7 nitrogen and oxygen atoms in total. The summed E-state index contributed by atoms with van der Waals surface area (Å²) in [5.74, 6) is 1.76. The Kier molecular flexibility index (Phi) is 8.96. The molecule has 39 heavy (non-hydrogen) atoms. The molecule has 4 heterocycles. The van der Waals surface area contributed by atoms with Crippen LogP contribution in [0.1, 0.15) is 83.3 Å². The summed E-state index contributed by atoms with van der Waals surface area (Å²) < 4.78 is 3.01. The lowest BCUT2D eigenvalue weighted by Gasteiger charge is -2.34. The van der Waals surface area contributed by atoms with Gasteiger partial charge >= 0.3 is 0 Å². The highest BCUT2D eigenvalue weighted by Gasteiger charge is 2.41. The van der Waals surface area contributed by atoms with Crippen LogP contribution in [-0.2, 0) is 5.41 Å². The number of carbonyl (C=O) groups excluding carboxylic acids is 1. The van der Waals surface area contributed by atoms with Gasteiger partial charge in [-0.25, -0.2) is 9.97 Å². The van der Waals surface area contributed by atoms with Gasteiger partial charge in [-0.15, -0.1) is 0 Å². The number of rotatable bonds is 3. The molecular formula is C30H41ClN6OS. The molecule has 2 aromatic rings. The second-order valence-electron chi connectivity index (χ2n) is 12.1. The molecule has 210 valence electrons. The minimum Gasteiger partial charge on any atom is -0.362 e. The molecule has 0 radical (unpaired) electrons. The van der Waals surface area contributed by atoms with Gasteiger partial charge in [-0.3, -0.25) is 14.5 Å². The smallest absolute Gasteiger partial charge is 0.265 e. The molecule has 2 aliphatic heterocycles. The van der Waals surface area contributed by atoms with Crippen molar-refractivity contribution in [3.8, 4) is 0 Å². The quantitative estimate of drug-likeness (QED) is 0.306. The maximum atomic E-state index is 13.5. The van der Waals surface area contributed by atoms with E-state index >= 15 is 0 Å². The van der Waals surface area contributed by atoms with Gasteiger partial charge in [0.2, 0.25) is 0 Å². The van der Waals surface area contributed by atoms with E-state index in [1.54, 1.807) is 0 Å². The van der Waals surface area contributed by atoms with Crippen molar-refractivity contribution in [2.24, 2.45) is 10.9 Å². The average Bonchev–Trinajstić information content (AvgIpc) is 3.20. The number of nitrogens with zero attached hydrogens (tertiary/aromatic N) is 4. The molecule has 1 fully saturated rings. The van der Waals surface area contributed by atoms with Crippen LogP contribution >= 0.6 is 23.5 Å². The molecule has 4 rings (SSSR count). The number of aliphatic imine (C=N–C) groups is 1. The number of anilines is 2. The number of hydrogen-bond donors (Lipinski definition) is 2. The van der Waals surface area contributed by atoms with E-state index in [4.69, 9.17) is 21.6 Å². The van der Waals surface area contributed by atoms with Crippen LogP contribution in [0.4, 0.5) is 11.6 Å². The summed E-state index contributed by atoms with van der Waals surface area (Å²) in [6, 6.07) is 9.64. The molecule has 0 aromatic carbocycles. The fraction of sp³-hybridized carbons (Fsp3) is 0.533. The van der Waals surface area contributed by atoms with Gasteiger partial charge in [0.1, 0.15) is 16.7 Å². The van der Waals surface area contributed by atoms with E-state index in [1.165, 1.54) is 11.9 Å². The summed E-state index contributed by atoms with van der Waals surface area (Å²) in [6.07, 6.45) is 5.61. The van der Waals surface area contributed by atoms with Gasteiger partial charge in [0, 0.05) is 47.2 Å². The van der Waals surface area contributed by atoms with E-state index in [0.717, 1.165) is 60.3 Å². The third-order valence-electron chi connectivity index (χ3n) is 7.52. The molecule has 2 aliphatic rings. The number of halogens is 1. The van der Waals surface area contributed by atoms with Crippen molar-refractivity contribution >= 4 is 46.8 Å². The van der Waals surface area contributed by atoms with Crippen molar-refractivity contribution in [3.05, 3.63) is 52.7 Å². The Labute approximate surface area is 242 Å². The molecule has 4 bridgehead atoms. The molecule has 2 atom stereocenters. The monoisotopic (exact) mass is 568 g/mol. The van der Waals surface area contributed by atoms with E-state index in [9.17, 15) is 4.79 Å². The van der Waals surface area contributed by atoms with Gasteiger partial charge in [0.25, 0.3) is 5.91 Å². The number of aromatic nitrogens is 2. The van der Waals surface area contributed by atoms with Crippen LogP contribution < -0.4 is 14.9 Å². The minimum atomic E-state index is -0.171. The van der Waals surface area contributed by atoms with Crippen molar-refractivity contribution in [3.63, 3.8) is 0 Å². The zero-order valence-electron chi connectivity index (χ0n) is 24.1. The SMILES string of the molecule is CC/C(Cl)=C\C(=NC)C1CCC2CN(c3nc(C(C)(C)C)ccc3C(=O)NSc3cccc(n3)N1)C(C)(C)C2. The highest BCUT2D eigenvalue weighted by atomic mass is 35.5. The fourth-order valence-corrected chi connectivity index (χ4v) is 6.08. The number of carbonyl (C=O) groups is 1. The molecule has 2 N–H and O–H groups in total. The van der Waals surface area contributed by atoms with Gasteiger partial charge in [-0.1, -0.05) is 45.4 Å². The summed E-state index contributed by atoms with van der Waals surface area (Å²) in [5.41, 5.74) is 2.20. The summed E-state index contributed by atoms with van der Waals surface area (Å²) in [5, 5.41) is 5.08. The van der Waals surface area contributed by atoms with Crippen LogP contribution in [0, 0.1) is 5.92 Å². The first-order chi connectivity index (χ1) is 18.4. The zero-order chi connectivity index (χ0) is 28.4. The predicted molar refractivity (Wildman–Crippen MR) is 164 cm³/mol. The Morgan fingerprint density at radius 2 is 2.00 bits per heavy atom. The van der Waals surface area contributed by atoms with Crippen molar-refractivity contribution in [1.82, 2.24) is 14.7 Å². The molecule has 1 amide bonds. The number of fused-ring (bicyclic) bond motifs is 6. The third-order valence-corrected chi connectivity index (χ3v) is 8.62. The van der Waals surface area contributed by atoms with Gasteiger partial charge in [0.15, 0.2) is 0 Å². The molecule has 2 unspecified atom stereocenters. The predicted octanol–water partition coefficient (Wildman–Crippen LogP) is 6.99. The van der Waals surface area contributed by atoms with E-state index in [2.05, 4.69) is 54.5 Å². The molecule has 0 saturated carbocycles. The van der Waals surface area contributed by atoms with E-state index in [0.29, 0.717) is 16.5 Å². The van der Waals surface area contributed by atoms with Gasteiger partial charge in [-0.05, 0) is 75.8 Å². The summed E-state index contributed by atoms with van der Waals surface area (Å²) in [7, 11) is 1.81. The van der Waals surface area contributed by atoms with E-state index in [1.807, 2.05) is 50.4 Å². The van der Waals surface area contributed by atoms with Crippen LogP contribution in [0.15, 0.2) is 51.5 Å². The Morgan fingerprint density at radius 1 is 1.23 bits per heavy atom. The topological polar surface area (TPSA) is 82.5 Å². The van der Waals surface area contributed by atoms with Gasteiger partial charge in [-0.2, -0.15) is 0 Å². The minimum absolute atomic E-state index is 0.0437. The molecule has 0 spiro atoms. The van der Waals surface area contributed by atoms with Gasteiger partial charge in [0.05, 0.1) is 17.3 Å². The lowest BCUT2D eigenvalue weighted by Crippen LogP contribution is -2.40. The Morgan fingerprint density at radius 3 is 2.69 bits per heavy atom. The van der Waals surface area contributed by atoms with Crippen molar-refractivity contribution in [2.75, 3.05) is 23.8 Å². The fourth-order valence-electron chi connectivity index (χ4n) is 5.37. The lowest BCUT2D eigenvalue weighted by atomic mass is 9.90. The Bertz CT molecular complexity index is 1270. The first-order valence-corrected chi connectivity index (χ1v) is 14.9. The highest BCUT2D eigenvalue weighted by molar-refractivity contribution is 7.97. The maximum Gasteiger partial charge on any atom is 0.265 e. The van der Waals surface area contributed by atoms with Crippen LogP contribution in [-0.4, -0.2) is 46.8 Å². The lowest BCUT2D eigenvalue weighted by molar-refractivity contribution is 0.0984. The second kappa shape index (κ2) is 11.9. The number of pyridine rings is 2. The summed E-state index contributed by atoms with van der Waals surface area (Å²) >= 11 is 7.66. The second-order valence-corrected chi connectivity index (χ2v) is 13.4. The van der Waals surface area contributed by atoms with Crippen LogP contribution in [0.2, 0.25) is 0 Å². The summed E-state index contributed by atoms with van der Waals surface area (Å²) in [4.78, 5) is 30.3. The first kappa shape index (κ1) is 29.4. The molecular weight excluding hydrogens is 528 g/mol. The average molecular weight is 569 g/mol. The number of allylic oxidation sites excluding steroid dienone is 1. The van der Waals surface area contributed by atoms with E-state index < -0.39 is 0 Å². The third kappa shape index (κ3) is 6.95. The molecule has 1 saturated heterocycles. The van der Waals surface area contributed by atoms with Crippen LogP contribution in [0.3, 0.4) is 0 Å². The number of hydrogen-bond acceptors (Lipinski definition) is 7. The first-order valence-electron chi connectivity index (χ1n) is 13.7. The molecule has 9 heteroatoms. The van der Waals surface area contributed by atoms with Crippen LogP contribution in [0.25, 0.3) is 0 Å². The number of nitrogens with one attached hydrogen (secondary N) is 2. The molecule has 0 aliphatic carbocycles. The Hall–Kier alpha value is -2.58. The van der Waals surface area contributed by atoms with Crippen molar-refractivity contribution < 1.29 is 4.79 Å². The van der Waals surface area contributed by atoms with E-state index in [-0.39, 0.29) is 22.9 Å². The maximum absolute atomic E-state index is 13.5.